The van der Waals surface area contributed by atoms with Crippen molar-refractivity contribution in [3.05, 3.63) is 11.1 Å². The minimum Gasteiger partial charge on any atom is -0.295 e. The first kappa shape index (κ1) is 9.50. The number of ketones is 1. The predicted molar refractivity (Wildman–Crippen MR) is 50.9 cm³/mol. The Bertz CT molecular complexity index is 246. The molecule has 0 saturated heterocycles. The third-order valence-corrected chi connectivity index (χ3v) is 3.45. The van der Waals surface area contributed by atoms with Crippen molar-refractivity contribution in [2.45, 2.75) is 41.0 Å². The van der Waals surface area contributed by atoms with Crippen LogP contribution in [0.15, 0.2) is 11.1 Å². The maximum absolute atomic E-state index is 11.5. The molecule has 0 N–H and O–H groups in total. The van der Waals surface area contributed by atoms with E-state index in [0.717, 1.165) is 5.57 Å². The van der Waals surface area contributed by atoms with Gasteiger partial charge in [-0.25, -0.2) is 0 Å². The quantitative estimate of drug-likeness (QED) is 0.540. The van der Waals surface area contributed by atoms with E-state index in [-0.39, 0.29) is 5.41 Å². The van der Waals surface area contributed by atoms with Gasteiger partial charge in [0.1, 0.15) is 0 Å². The number of hydrogen-bond donors (Lipinski definition) is 0. The lowest BCUT2D eigenvalue weighted by atomic mass is 9.67. The van der Waals surface area contributed by atoms with E-state index < -0.39 is 0 Å². The molecule has 1 heteroatoms. The van der Waals surface area contributed by atoms with Crippen LogP contribution in [0.5, 0.6) is 0 Å². The molecule has 0 aromatic carbocycles. The first-order valence-corrected chi connectivity index (χ1v) is 4.57. The van der Waals surface area contributed by atoms with Gasteiger partial charge in [0.25, 0.3) is 0 Å². The fraction of sp³-hybridized carbons (Fsp3) is 0.727. The zero-order chi connectivity index (χ0) is 9.52. The topological polar surface area (TPSA) is 17.1 Å². The Labute approximate surface area is 74.9 Å². The van der Waals surface area contributed by atoms with Crippen LogP contribution in [0.2, 0.25) is 0 Å². The van der Waals surface area contributed by atoms with Crippen molar-refractivity contribution in [1.29, 1.82) is 0 Å². The van der Waals surface area contributed by atoms with Gasteiger partial charge in [-0.1, -0.05) is 26.3 Å². The summed E-state index contributed by atoms with van der Waals surface area (Å²) in [6, 6.07) is 0. The molecule has 0 aliphatic heterocycles. The van der Waals surface area contributed by atoms with E-state index in [1.165, 1.54) is 5.57 Å². The van der Waals surface area contributed by atoms with Gasteiger partial charge in [-0.15, -0.1) is 0 Å². The molecular weight excluding hydrogens is 148 g/mol. The molecule has 68 valence electrons. The van der Waals surface area contributed by atoms with Crippen LogP contribution in [-0.2, 0) is 4.79 Å². The SMILES string of the molecule is CC1=C(C)[C@H](C)C(C)(C)CC1=O. The molecule has 1 atom stereocenters. The number of allylic oxidation sites excluding steroid dienone is 2. The van der Waals surface area contributed by atoms with Crippen LogP contribution < -0.4 is 0 Å². The lowest BCUT2D eigenvalue weighted by molar-refractivity contribution is -0.118. The number of carbonyl (C=O) groups excluding carboxylic acids is 1. The summed E-state index contributed by atoms with van der Waals surface area (Å²) >= 11 is 0. The molecule has 1 rings (SSSR count). The second kappa shape index (κ2) is 2.72. The molecule has 0 amide bonds. The minimum atomic E-state index is 0.153. The number of hydrogen-bond acceptors (Lipinski definition) is 1. The van der Waals surface area contributed by atoms with Crippen LogP contribution >= 0.6 is 0 Å². The maximum Gasteiger partial charge on any atom is 0.159 e. The third kappa shape index (κ3) is 1.33. The fourth-order valence-corrected chi connectivity index (χ4v) is 1.83. The summed E-state index contributed by atoms with van der Waals surface area (Å²) in [4.78, 5) is 11.5. The zero-order valence-electron chi connectivity index (χ0n) is 8.69. The zero-order valence-corrected chi connectivity index (χ0v) is 8.69. The first-order chi connectivity index (χ1) is 5.36. The Morgan fingerprint density at radius 3 is 2.33 bits per heavy atom. The molecular formula is C11H18O. The largest absolute Gasteiger partial charge is 0.295 e. The monoisotopic (exact) mass is 166 g/mol. The smallest absolute Gasteiger partial charge is 0.159 e. The van der Waals surface area contributed by atoms with Gasteiger partial charge in [0.05, 0.1) is 0 Å². The van der Waals surface area contributed by atoms with Crippen molar-refractivity contribution in [2.75, 3.05) is 0 Å². The summed E-state index contributed by atoms with van der Waals surface area (Å²) in [7, 11) is 0. The molecule has 0 fully saturated rings. The van der Waals surface area contributed by atoms with Crippen molar-refractivity contribution in [2.24, 2.45) is 11.3 Å². The summed E-state index contributed by atoms with van der Waals surface area (Å²) < 4.78 is 0. The van der Waals surface area contributed by atoms with Gasteiger partial charge in [0, 0.05) is 6.42 Å². The number of carbonyl (C=O) groups is 1. The third-order valence-electron chi connectivity index (χ3n) is 3.45. The molecule has 1 aliphatic rings. The summed E-state index contributed by atoms with van der Waals surface area (Å²) in [6.45, 7) is 10.6. The fourth-order valence-electron chi connectivity index (χ4n) is 1.83. The van der Waals surface area contributed by atoms with E-state index in [2.05, 4.69) is 27.7 Å². The average Bonchev–Trinajstić information content (AvgIpc) is 1.97. The Hall–Kier alpha value is -0.590. The molecule has 0 aromatic rings. The van der Waals surface area contributed by atoms with Crippen LogP contribution in [0.4, 0.5) is 0 Å². The Morgan fingerprint density at radius 2 is 1.83 bits per heavy atom. The molecule has 0 radical (unpaired) electrons. The Morgan fingerprint density at radius 1 is 1.33 bits per heavy atom. The van der Waals surface area contributed by atoms with Gasteiger partial charge in [-0.05, 0) is 30.8 Å². The highest BCUT2D eigenvalue weighted by Crippen LogP contribution is 2.41. The van der Waals surface area contributed by atoms with E-state index in [1.54, 1.807) is 0 Å². The molecule has 0 aromatic heterocycles. The van der Waals surface area contributed by atoms with Gasteiger partial charge in [0.15, 0.2) is 5.78 Å². The molecule has 0 spiro atoms. The molecule has 0 unspecified atom stereocenters. The molecule has 1 aliphatic carbocycles. The van der Waals surface area contributed by atoms with Crippen LogP contribution in [0, 0.1) is 11.3 Å². The summed E-state index contributed by atoms with van der Waals surface area (Å²) in [6.07, 6.45) is 0.706. The molecule has 0 saturated carbocycles. The van der Waals surface area contributed by atoms with Crippen molar-refractivity contribution >= 4 is 5.78 Å². The normalized spacial score (nSPS) is 29.4. The van der Waals surface area contributed by atoms with E-state index in [4.69, 9.17) is 0 Å². The van der Waals surface area contributed by atoms with Crippen LogP contribution in [0.25, 0.3) is 0 Å². The molecule has 0 bridgehead atoms. The van der Waals surface area contributed by atoms with Gasteiger partial charge in [-0.2, -0.15) is 0 Å². The van der Waals surface area contributed by atoms with Crippen LogP contribution in [0.3, 0.4) is 0 Å². The Balaban J connectivity index is 3.10. The van der Waals surface area contributed by atoms with Crippen molar-refractivity contribution in [3.8, 4) is 0 Å². The van der Waals surface area contributed by atoms with Gasteiger partial charge < -0.3 is 0 Å². The van der Waals surface area contributed by atoms with Crippen molar-refractivity contribution < 1.29 is 4.79 Å². The van der Waals surface area contributed by atoms with E-state index >= 15 is 0 Å². The average molecular weight is 166 g/mol. The highest BCUT2D eigenvalue weighted by molar-refractivity contribution is 5.97. The minimum absolute atomic E-state index is 0.153. The van der Waals surface area contributed by atoms with E-state index in [9.17, 15) is 4.79 Å². The highest BCUT2D eigenvalue weighted by atomic mass is 16.1. The number of rotatable bonds is 0. The van der Waals surface area contributed by atoms with Gasteiger partial charge >= 0.3 is 0 Å². The van der Waals surface area contributed by atoms with Crippen molar-refractivity contribution in [3.63, 3.8) is 0 Å². The molecule has 1 nitrogen and oxygen atoms in total. The second-order valence-corrected chi connectivity index (χ2v) is 4.62. The Kier molecular flexibility index (Phi) is 2.15. The van der Waals surface area contributed by atoms with Crippen molar-refractivity contribution in [1.82, 2.24) is 0 Å². The second-order valence-electron chi connectivity index (χ2n) is 4.62. The van der Waals surface area contributed by atoms with Crippen LogP contribution in [0.1, 0.15) is 41.0 Å². The van der Waals surface area contributed by atoms with Gasteiger partial charge in [-0.3, -0.25) is 4.79 Å². The van der Waals surface area contributed by atoms with E-state index in [0.29, 0.717) is 18.1 Å². The lowest BCUT2D eigenvalue weighted by Gasteiger charge is -2.37. The summed E-state index contributed by atoms with van der Waals surface area (Å²) in [5.41, 5.74) is 2.42. The van der Waals surface area contributed by atoms with Gasteiger partial charge in [0.2, 0.25) is 0 Å². The van der Waals surface area contributed by atoms with E-state index in [1.807, 2.05) is 6.92 Å². The first-order valence-electron chi connectivity index (χ1n) is 4.57. The molecule has 12 heavy (non-hydrogen) atoms. The highest BCUT2D eigenvalue weighted by Gasteiger charge is 2.35. The lowest BCUT2D eigenvalue weighted by Crippen LogP contribution is -2.31. The maximum atomic E-state index is 11.5. The molecule has 0 heterocycles. The standard InChI is InChI=1S/C11H18O/c1-7-8(2)10(12)6-11(4,5)9(7)3/h9H,6H2,1-5H3/t9-/m0/s1. The number of Topliss-reactive ketones (excluding diaryl/α,β-unsaturated/α-hetero) is 1. The summed E-state index contributed by atoms with van der Waals surface area (Å²) in [5, 5.41) is 0. The van der Waals surface area contributed by atoms with Crippen LogP contribution in [-0.4, -0.2) is 5.78 Å². The summed E-state index contributed by atoms with van der Waals surface area (Å²) in [5.74, 6) is 0.866. The predicted octanol–water partition coefficient (Wildman–Crippen LogP) is 2.96.